The Morgan fingerprint density at radius 2 is 1.89 bits per heavy atom. The summed E-state index contributed by atoms with van der Waals surface area (Å²) >= 11 is 0. The number of benzene rings is 1. The van der Waals surface area contributed by atoms with Crippen molar-refractivity contribution in [1.82, 2.24) is 20.4 Å². The van der Waals surface area contributed by atoms with Gasteiger partial charge in [-0.2, -0.15) is 0 Å². The first kappa shape index (κ1) is 16.9. The molecule has 3 amide bonds. The van der Waals surface area contributed by atoms with Crippen molar-refractivity contribution in [3.8, 4) is 0 Å². The summed E-state index contributed by atoms with van der Waals surface area (Å²) in [5, 5.41) is 5.70. The van der Waals surface area contributed by atoms with Crippen molar-refractivity contribution in [2.45, 2.75) is 56.9 Å². The molecule has 7 nitrogen and oxygen atoms in total. The summed E-state index contributed by atoms with van der Waals surface area (Å²) in [6.07, 6.45) is 3.25. The smallest absolute Gasteiger partial charge is 0.255 e. The molecule has 1 aromatic carbocycles. The number of hydrogen-bond donors (Lipinski definition) is 2. The number of fused-ring (bicyclic) bond motifs is 1. The lowest BCUT2D eigenvalue weighted by molar-refractivity contribution is -0.136. The van der Waals surface area contributed by atoms with Crippen molar-refractivity contribution in [2.24, 2.45) is 0 Å². The number of amides is 3. The predicted molar refractivity (Wildman–Crippen MR) is 97.7 cm³/mol. The molecule has 0 radical (unpaired) electrons. The molecule has 5 rings (SSSR count). The molecule has 3 heterocycles. The van der Waals surface area contributed by atoms with Gasteiger partial charge >= 0.3 is 0 Å². The van der Waals surface area contributed by atoms with Crippen LogP contribution in [0.25, 0.3) is 0 Å². The first-order chi connectivity index (χ1) is 13.1. The molecule has 27 heavy (non-hydrogen) atoms. The Balaban J connectivity index is 1.33. The van der Waals surface area contributed by atoms with Gasteiger partial charge in [0.1, 0.15) is 6.04 Å². The zero-order chi connectivity index (χ0) is 18.5. The van der Waals surface area contributed by atoms with E-state index < -0.39 is 6.04 Å². The van der Waals surface area contributed by atoms with Gasteiger partial charge in [-0.3, -0.25) is 24.6 Å². The van der Waals surface area contributed by atoms with Crippen LogP contribution in [0.15, 0.2) is 18.2 Å². The molecule has 1 unspecified atom stereocenters. The molecule has 1 aromatic rings. The quantitative estimate of drug-likeness (QED) is 0.735. The van der Waals surface area contributed by atoms with Gasteiger partial charge in [0.25, 0.3) is 5.91 Å². The number of rotatable bonds is 5. The summed E-state index contributed by atoms with van der Waals surface area (Å²) in [5.74, 6) is -0.716. The van der Waals surface area contributed by atoms with Crippen LogP contribution in [0, 0.1) is 0 Å². The van der Waals surface area contributed by atoms with Crippen LogP contribution in [0.2, 0.25) is 0 Å². The Morgan fingerprint density at radius 1 is 1.07 bits per heavy atom. The number of piperidine rings is 1. The van der Waals surface area contributed by atoms with Crippen LogP contribution in [0.3, 0.4) is 0 Å². The Kier molecular flexibility index (Phi) is 4.02. The van der Waals surface area contributed by atoms with Gasteiger partial charge in [0.05, 0.1) is 0 Å². The van der Waals surface area contributed by atoms with E-state index in [1.165, 1.54) is 18.4 Å². The Morgan fingerprint density at radius 3 is 2.56 bits per heavy atom. The maximum absolute atomic E-state index is 12.8. The van der Waals surface area contributed by atoms with Crippen LogP contribution in [0.5, 0.6) is 0 Å². The van der Waals surface area contributed by atoms with Crippen LogP contribution < -0.4 is 10.6 Å². The number of hydrogen-bond acceptors (Lipinski definition) is 5. The molecule has 0 aromatic heterocycles. The summed E-state index contributed by atoms with van der Waals surface area (Å²) < 4.78 is 0. The minimum absolute atomic E-state index is 0.103. The largest absolute Gasteiger partial charge is 0.322 e. The molecule has 7 heteroatoms. The third-order valence-electron chi connectivity index (χ3n) is 6.20. The molecule has 4 aliphatic rings. The van der Waals surface area contributed by atoms with Gasteiger partial charge in [-0.1, -0.05) is 12.1 Å². The van der Waals surface area contributed by atoms with E-state index in [4.69, 9.17) is 0 Å². The summed E-state index contributed by atoms with van der Waals surface area (Å²) in [6.45, 7) is 3.48. The summed E-state index contributed by atoms with van der Waals surface area (Å²) in [5.41, 5.74) is 2.90. The zero-order valence-electron chi connectivity index (χ0n) is 15.2. The summed E-state index contributed by atoms with van der Waals surface area (Å²) in [6, 6.07) is 6.85. The molecule has 1 aliphatic carbocycles. The molecular weight excluding hydrogens is 344 g/mol. The third-order valence-corrected chi connectivity index (χ3v) is 6.20. The molecule has 3 aliphatic heterocycles. The van der Waals surface area contributed by atoms with Crippen molar-refractivity contribution in [3.05, 3.63) is 34.9 Å². The molecule has 1 atom stereocenters. The SMILES string of the molecule is O=C1CCC(N2Cc3cc(CN(C4CC4)C4CNC4)ccc3C2=O)C(=O)N1. The standard InChI is InChI=1S/C20H24N4O3/c25-18-6-5-17(19(26)22-18)24-11-13-7-12(1-4-16(13)20(24)27)10-23(14-2-3-14)15-8-21-9-15/h1,4,7,14-15,17,21H,2-3,5-6,8-11H2,(H,22,25,26). The lowest BCUT2D eigenvalue weighted by atomic mass is 10.0. The summed E-state index contributed by atoms with van der Waals surface area (Å²) in [7, 11) is 0. The predicted octanol–water partition coefficient (Wildman–Crippen LogP) is 0.384. The maximum Gasteiger partial charge on any atom is 0.255 e. The van der Waals surface area contributed by atoms with E-state index in [9.17, 15) is 14.4 Å². The highest BCUT2D eigenvalue weighted by Gasteiger charge is 2.40. The van der Waals surface area contributed by atoms with E-state index in [-0.39, 0.29) is 24.1 Å². The topological polar surface area (TPSA) is 81.8 Å². The second kappa shape index (κ2) is 6.42. The van der Waals surface area contributed by atoms with Crippen LogP contribution >= 0.6 is 0 Å². The fourth-order valence-corrected chi connectivity index (χ4v) is 4.41. The van der Waals surface area contributed by atoms with Crippen molar-refractivity contribution >= 4 is 17.7 Å². The highest BCUT2D eigenvalue weighted by Crippen LogP contribution is 2.33. The third kappa shape index (κ3) is 3.04. The van der Waals surface area contributed by atoms with E-state index in [0.717, 1.165) is 25.2 Å². The van der Waals surface area contributed by atoms with Crippen LogP contribution in [-0.2, 0) is 22.7 Å². The molecule has 3 fully saturated rings. The highest BCUT2D eigenvalue weighted by molar-refractivity contribution is 6.05. The minimum Gasteiger partial charge on any atom is -0.322 e. The van der Waals surface area contributed by atoms with Gasteiger partial charge in [0, 0.05) is 50.2 Å². The Bertz CT molecular complexity index is 815. The number of carbonyl (C=O) groups is 3. The average Bonchev–Trinajstić information content (AvgIpc) is 3.38. The molecule has 0 spiro atoms. The maximum atomic E-state index is 12.8. The highest BCUT2D eigenvalue weighted by atomic mass is 16.2. The first-order valence-electron chi connectivity index (χ1n) is 9.83. The van der Waals surface area contributed by atoms with E-state index in [0.29, 0.717) is 30.6 Å². The summed E-state index contributed by atoms with van der Waals surface area (Å²) in [4.78, 5) is 40.5. The Labute approximate surface area is 158 Å². The number of imide groups is 1. The zero-order valence-corrected chi connectivity index (χ0v) is 15.2. The normalized spacial score (nSPS) is 25.6. The van der Waals surface area contributed by atoms with Crippen molar-refractivity contribution in [2.75, 3.05) is 13.1 Å². The minimum atomic E-state index is -0.546. The average molecular weight is 368 g/mol. The van der Waals surface area contributed by atoms with Gasteiger partial charge in [-0.05, 0) is 36.5 Å². The molecule has 0 bridgehead atoms. The van der Waals surface area contributed by atoms with Crippen LogP contribution in [0.4, 0.5) is 0 Å². The first-order valence-corrected chi connectivity index (χ1v) is 9.83. The second-order valence-corrected chi connectivity index (χ2v) is 8.11. The van der Waals surface area contributed by atoms with Gasteiger partial charge < -0.3 is 10.2 Å². The van der Waals surface area contributed by atoms with Crippen LogP contribution in [-0.4, -0.2) is 58.7 Å². The molecule has 142 valence electrons. The number of carbonyl (C=O) groups excluding carboxylic acids is 3. The van der Waals surface area contributed by atoms with Gasteiger partial charge in [0.15, 0.2) is 0 Å². The van der Waals surface area contributed by atoms with Crippen molar-refractivity contribution in [1.29, 1.82) is 0 Å². The number of nitrogens with zero attached hydrogens (tertiary/aromatic N) is 2. The van der Waals surface area contributed by atoms with Crippen molar-refractivity contribution < 1.29 is 14.4 Å². The Hall–Kier alpha value is -2.25. The fourth-order valence-electron chi connectivity index (χ4n) is 4.41. The molecular formula is C20H24N4O3. The second-order valence-electron chi connectivity index (χ2n) is 8.11. The van der Waals surface area contributed by atoms with E-state index in [1.54, 1.807) is 4.90 Å². The van der Waals surface area contributed by atoms with Gasteiger partial charge in [-0.15, -0.1) is 0 Å². The fraction of sp³-hybridized carbons (Fsp3) is 0.550. The molecule has 2 saturated heterocycles. The number of nitrogens with one attached hydrogen (secondary N) is 2. The van der Waals surface area contributed by atoms with Crippen molar-refractivity contribution in [3.63, 3.8) is 0 Å². The van der Waals surface area contributed by atoms with E-state index in [1.807, 2.05) is 12.1 Å². The lowest BCUT2D eigenvalue weighted by Crippen LogP contribution is -2.57. The van der Waals surface area contributed by atoms with E-state index in [2.05, 4.69) is 21.6 Å². The monoisotopic (exact) mass is 368 g/mol. The van der Waals surface area contributed by atoms with Crippen LogP contribution in [0.1, 0.15) is 47.2 Å². The van der Waals surface area contributed by atoms with Gasteiger partial charge in [0.2, 0.25) is 11.8 Å². The van der Waals surface area contributed by atoms with E-state index >= 15 is 0 Å². The molecule has 2 N–H and O–H groups in total. The molecule has 1 saturated carbocycles. The van der Waals surface area contributed by atoms with Gasteiger partial charge in [-0.25, -0.2) is 0 Å². The lowest BCUT2D eigenvalue weighted by Gasteiger charge is -2.38.